The molecule has 0 aliphatic rings. The number of fused-ring (bicyclic) bond motifs is 3. The standard InChI is InChI=1S/C18H12FN7/c19-14-9-5-4-8-13(14)10-26-17-15(21-24-26)18-23-22-16(25(18)11-20-17)12-6-2-1-3-7-12/h1-9,11H,10H2. The number of nitrogens with zero attached hydrogens (tertiary/aromatic N) is 7. The molecule has 2 aromatic carbocycles. The Morgan fingerprint density at radius 1 is 0.846 bits per heavy atom. The SMILES string of the molecule is Fc1ccccc1Cn1nnc2c1ncn1c(-c3ccccc3)nnc21. The lowest BCUT2D eigenvalue weighted by molar-refractivity contribution is 0.582. The maximum Gasteiger partial charge on any atom is 0.194 e. The fraction of sp³-hybridized carbons (Fsp3) is 0.0556. The van der Waals surface area contributed by atoms with Crippen molar-refractivity contribution in [2.45, 2.75) is 6.54 Å². The molecule has 3 aromatic heterocycles. The summed E-state index contributed by atoms with van der Waals surface area (Å²) in [4.78, 5) is 4.45. The second kappa shape index (κ2) is 5.69. The Balaban J connectivity index is 1.63. The lowest BCUT2D eigenvalue weighted by atomic mass is 10.2. The van der Waals surface area contributed by atoms with Gasteiger partial charge in [0.05, 0.1) is 6.54 Å². The fourth-order valence-electron chi connectivity index (χ4n) is 2.93. The van der Waals surface area contributed by atoms with Crippen molar-refractivity contribution >= 4 is 16.8 Å². The van der Waals surface area contributed by atoms with Crippen LogP contribution in [-0.4, -0.2) is 34.6 Å². The lowest BCUT2D eigenvalue weighted by Crippen LogP contribution is -2.05. The van der Waals surface area contributed by atoms with Crippen LogP contribution in [0.5, 0.6) is 0 Å². The Morgan fingerprint density at radius 3 is 2.50 bits per heavy atom. The monoisotopic (exact) mass is 345 g/mol. The molecule has 0 radical (unpaired) electrons. The van der Waals surface area contributed by atoms with Crippen LogP contribution < -0.4 is 0 Å². The van der Waals surface area contributed by atoms with Gasteiger partial charge in [-0.3, -0.25) is 4.40 Å². The fourth-order valence-corrected chi connectivity index (χ4v) is 2.93. The number of rotatable bonds is 3. The first-order chi connectivity index (χ1) is 12.8. The van der Waals surface area contributed by atoms with Gasteiger partial charge in [-0.05, 0) is 6.07 Å². The van der Waals surface area contributed by atoms with Gasteiger partial charge < -0.3 is 0 Å². The molecule has 26 heavy (non-hydrogen) atoms. The molecule has 7 nitrogen and oxygen atoms in total. The average Bonchev–Trinajstić information content (AvgIpc) is 3.28. The van der Waals surface area contributed by atoms with Crippen molar-refractivity contribution in [3.8, 4) is 11.4 Å². The minimum absolute atomic E-state index is 0.242. The van der Waals surface area contributed by atoms with Crippen LogP contribution >= 0.6 is 0 Å². The molecular weight excluding hydrogens is 333 g/mol. The van der Waals surface area contributed by atoms with Crippen molar-refractivity contribution in [1.82, 2.24) is 34.6 Å². The molecule has 8 heteroatoms. The van der Waals surface area contributed by atoms with E-state index in [1.807, 2.05) is 30.3 Å². The minimum Gasteiger partial charge on any atom is -0.263 e. The van der Waals surface area contributed by atoms with Gasteiger partial charge in [0.2, 0.25) is 0 Å². The molecule has 5 rings (SSSR count). The Bertz CT molecular complexity index is 1230. The van der Waals surface area contributed by atoms with Crippen LogP contribution in [0, 0.1) is 5.82 Å². The van der Waals surface area contributed by atoms with Crippen LogP contribution in [-0.2, 0) is 6.54 Å². The lowest BCUT2D eigenvalue weighted by Gasteiger charge is -2.03. The smallest absolute Gasteiger partial charge is 0.194 e. The number of halogens is 1. The summed E-state index contributed by atoms with van der Waals surface area (Å²) >= 11 is 0. The molecule has 0 amide bonds. The molecule has 0 unspecified atom stereocenters. The highest BCUT2D eigenvalue weighted by Crippen LogP contribution is 2.21. The molecule has 0 spiro atoms. The molecule has 0 atom stereocenters. The van der Waals surface area contributed by atoms with Crippen LogP contribution in [0.1, 0.15) is 5.56 Å². The Morgan fingerprint density at radius 2 is 1.65 bits per heavy atom. The largest absolute Gasteiger partial charge is 0.263 e. The van der Waals surface area contributed by atoms with E-state index in [4.69, 9.17) is 0 Å². The number of hydrogen-bond donors (Lipinski definition) is 0. The van der Waals surface area contributed by atoms with E-state index < -0.39 is 0 Å². The molecule has 0 fully saturated rings. The topological polar surface area (TPSA) is 73.8 Å². The van der Waals surface area contributed by atoms with E-state index in [2.05, 4.69) is 25.5 Å². The predicted octanol–water partition coefficient (Wildman–Crippen LogP) is 2.72. The maximum atomic E-state index is 13.9. The van der Waals surface area contributed by atoms with Crippen molar-refractivity contribution < 1.29 is 4.39 Å². The molecular formula is C18H12FN7. The summed E-state index contributed by atoms with van der Waals surface area (Å²) in [5.74, 6) is 0.393. The quantitative estimate of drug-likeness (QED) is 0.503. The van der Waals surface area contributed by atoms with Gasteiger partial charge in [-0.15, -0.1) is 15.3 Å². The highest BCUT2D eigenvalue weighted by Gasteiger charge is 2.16. The van der Waals surface area contributed by atoms with Gasteiger partial charge in [0.25, 0.3) is 0 Å². The van der Waals surface area contributed by atoms with E-state index >= 15 is 0 Å². The average molecular weight is 345 g/mol. The van der Waals surface area contributed by atoms with E-state index in [0.717, 1.165) is 5.56 Å². The van der Waals surface area contributed by atoms with Gasteiger partial charge in [-0.2, -0.15) is 0 Å². The third-order valence-electron chi connectivity index (χ3n) is 4.22. The normalized spacial score (nSPS) is 11.4. The molecule has 0 N–H and O–H groups in total. The highest BCUT2D eigenvalue weighted by atomic mass is 19.1. The Labute approximate surface area is 146 Å². The van der Waals surface area contributed by atoms with Gasteiger partial charge >= 0.3 is 0 Å². The molecule has 3 heterocycles. The Kier molecular flexibility index (Phi) is 3.21. The van der Waals surface area contributed by atoms with E-state index in [1.165, 1.54) is 6.07 Å². The van der Waals surface area contributed by atoms with Crippen LogP contribution in [0.4, 0.5) is 4.39 Å². The Hall–Kier alpha value is -3.68. The molecule has 126 valence electrons. The summed E-state index contributed by atoms with van der Waals surface area (Å²) in [6.07, 6.45) is 1.64. The van der Waals surface area contributed by atoms with Crippen molar-refractivity contribution in [3.63, 3.8) is 0 Å². The summed E-state index contributed by atoms with van der Waals surface area (Å²) in [6.45, 7) is 0.242. The molecule has 0 saturated heterocycles. The minimum atomic E-state index is -0.286. The first-order valence-corrected chi connectivity index (χ1v) is 8.03. The van der Waals surface area contributed by atoms with Gasteiger partial charge in [0.15, 0.2) is 22.6 Å². The second-order valence-electron chi connectivity index (χ2n) is 5.84. The highest BCUT2D eigenvalue weighted by molar-refractivity contribution is 5.85. The molecule has 0 saturated carbocycles. The second-order valence-corrected chi connectivity index (χ2v) is 5.84. The van der Waals surface area contributed by atoms with E-state index in [9.17, 15) is 4.39 Å². The van der Waals surface area contributed by atoms with Gasteiger partial charge in [0.1, 0.15) is 12.1 Å². The summed E-state index contributed by atoms with van der Waals surface area (Å²) in [7, 11) is 0. The van der Waals surface area contributed by atoms with Crippen molar-refractivity contribution in [2.24, 2.45) is 0 Å². The zero-order valence-electron chi connectivity index (χ0n) is 13.5. The van der Waals surface area contributed by atoms with E-state index in [0.29, 0.717) is 28.2 Å². The van der Waals surface area contributed by atoms with Crippen LogP contribution in [0.25, 0.3) is 28.2 Å². The molecule has 0 bridgehead atoms. The first-order valence-electron chi connectivity index (χ1n) is 8.03. The zero-order chi connectivity index (χ0) is 17.5. The number of aromatic nitrogens is 7. The summed E-state index contributed by atoms with van der Waals surface area (Å²) in [5.41, 5.74) is 3.08. The first kappa shape index (κ1) is 14.6. The van der Waals surface area contributed by atoms with Gasteiger partial charge in [-0.1, -0.05) is 53.7 Å². The van der Waals surface area contributed by atoms with Crippen LogP contribution in [0.2, 0.25) is 0 Å². The van der Waals surface area contributed by atoms with Crippen molar-refractivity contribution in [1.29, 1.82) is 0 Å². The maximum absolute atomic E-state index is 13.9. The van der Waals surface area contributed by atoms with Crippen molar-refractivity contribution in [2.75, 3.05) is 0 Å². The summed E-state index contributed by atoms with van der Waals surface area (Å²) in [6, 6.07) is 16.3. The van der Waals surface area contributed by atoms with E-state index in [-0.39, 0.29) is 12.4 Å². The van der Waals surface area contributed by atoms with Crippen LogP contribution in [0.15, 0.2) is 60.9 Å². The molecule has 0 aliphatic carbocycles. The van der Waals surface area contributed by atoms with Crippen molar-refractivity contribution in [3.05, 3.63) is 72.3 Å². The number of hydrogen-bond acceptors (Lipinski definition) is 5. The number of benzene rings is 2. The van der Waals surface area contributed by atoms with Crippen LogP contribution in [0.3, 0.4) is 0 Å². The molecule has 0 aliphatic heterocycles. The summed E-state index contributed by atoms with van der Waals surface area (Å²) in [5, 5.41) is 16.8. The van der Waals surface area contributed by atoms with Gasteiger partial charge in [0, 0.05) is 11.1 Å². The van der Waals surface area contributed by atoms with E-state index in [1.54, 1.807) is 33.6 Å². The van der Waals surface area contributed by atoms with Gasteiger partial charge in [-0.25, -0.2) is 14.1 Å². The third-order valence-corrected chi connectivity index (χ3v) is 4.22. The summed E-state index contributed by atoms with van der Waals surface area (Å²) < 4.78 is 17.3. The predicted molar refractivity (Wildman–Crippen MR) is 92.8 cm³/mol. The third kappa shape index (κ3) is 2.23. The molecule has 5 aromatic rings. The zero-order valence-corrected chi connectivity index (χ0v) is 13.5.